The molecule has 30 heavy (non-hydrogen) atoms. The second-order valence-electron chi connectivity index (χ2n) is 8.13. The van der Waals surface area contributed by atoms with Gasteiger partial charge in [-0.2, -0.15) is 5.10 Å². The number of likely N-dealkylation sites (tertiary alicyclic amines) is 1. The molecular formula is C24H28N4O2. The highest BCUT2D eigenvalue weighted by Gasteiger charge is 2.27. The highest BCUT2D eigenvalue weighted by Crippen LogP contribution is 2.18. The average molecular weight is 405 g/mol. The number of likely N-dealkylation sites (N-methyl/N-ethyl adjacent to an activating group) is 1. The molecule has 1 fully saturated rings. The fraction of sp³-hybridized carbons (Fsp3) is 0.375. The van der Waals surface area contributed by atoms with Gasteiger partial charge < -0.3 is 4.90 Å². The highest BCUT2D eigenvalue weighted by atomic mass is 16.2. The van der Waals surface area contributed by atoms with Crippen molar-refractivity contribution in [2.45, 2.75) is 38.9 Å². The van der Waals surface area contributed by atoms with Crippen molar-refractivity contribution in [2.75, 3.05) is 20.1 Å². The van der Waals surface area contributed by atoms with E-state index in [0.29, 0.717) is 18.0 Å². The van der Waals surface area contributed by atoms with E-state index < -0.39 is 0 Å². The van der Waals surface area contributed by atoms with Crippen molar-refractivity contribution in [2.24, 2.45) is 0 Å². The summed E-state index contributed by atoms with van der Waals surface area (Å²) in [6, 6.07) is 18.1. The lowest BCUT2D eigenvalue weighted by Crippen LogP contribution is -2.49. The largest absolute Gasteiger partial charge is 0.340 e. The van der Waals surface area contributed by atoms with Crippen LogP contribution in [-0.2, 0) is 17.9 Å². The Hall–Kier alpha value is -2.99. The first kappa shape index (κ1) is 20.3. The van der Waals surface area contributed by atoms with E-state index >= 15 is 0 Å². The molecule has 3 aromatic rings. The number of fused-ring (bicyclic) bond motifs is 1. The van der Waals surface area contributed by atoms with Crippen LogP contribution in [0, 0.1) is 6.92 Å². The number of aryl methyl sites for hydroxylation is 1. The van der Waals surface area contributed by atoms with E-state index in [9.17, 15) is 9.59 Å². The third-order valence-electron chi connectivity index (χ3n) is 5.98. The SMILES string of the molecule is Cc1nn(CC(=O)N2CCCC(N(C)Cc3ccccc3)C2)c(=O)c2ccccc12. The number of nitrogens with zero attached hydrogens (tertiary/aromatic N) is 4. The number of hydrogen-bond acceptors (Lipinski definition) is 4. The van der Waals surface area contributed by atoms with E-state index in [0.717, 1.165) is 37.0 Å². The van der Waals surface area contributed by atoms with Gasteiger partial charge in [0.05, 0.1) is 11.1 Å². The van der Waals surface area contributed by atoms with Gasteiger partial charge in [0.1, 0.15) is 6.54 Å². The lowest BCUT2D eigenvalue weighted by atomic mass is 10.0. The minimum atomic E-state index is -0.209. The van der Waals surface area contributed by atoms with Gasteiger partial charge in [-0.1, -0.05) is 48.5 Å². The van der Waals surface area contributed by atoms with Crippen molar-refractivity contribution >= 4 is 16.7 Å². The van der Waals surface area contributed by atoms with E-state index in [2.05, 4.69) is 41.3 Å². The van der Waals surface area contributed by atoms with E-state index in [1.807, 2.05) is 36.1 Å². The molecule has 1 saturated heterocycles. The molecule has 4 rings (SSSR count). The number of hydrogen-bond donors (Lipinski definition) is 0. The molecule has 1 amide bonds. The first-order chi connectivity index (χ1) is 14.5. The standard InChI is InChI=1S/C24H28N4O2/c1-18-21-12-6-7-13-22(21)24(30)28(25-18)17-23(29)27-14-8-11-20(16-27)26(2)15-19-9-4-3-5-10-19/h3-7,9-10,12-13,20H,8,11,14-17H2,1-2H3. The van der Waals surface area contributed by atoms with Gasteiger partial charge in [0.15, 0.2) is 0 Å². The van der Waals surface area contributed by atoms with Crippen LogP contribution in [0.1, 0.15) is 24.1 Å². The van der Waals surface area contributed by atoms with Crippen LogP contribution in [0.4, 0.5) is 0 Å². The average Bonchev–Trinajstić information content (AvgIpc) is 2.78. The first-order valence-electron chi connectivity index (χ1n) is 10.5. The van der Waals surface area contributed by atoms with E-state index in [-0.39, 0.29) is 18.0 Å². The van der Waals surface area contributed by atoms with Gasteiger partial charge in [-0.25, -0.2) is 4.68 Å². The summed E-state index contributed by atoms with van der Waals surface area (Å²) in [6.45, 7) is 4.13. The van der Waals surface area contributed by atoms with Crippen LogP contribution in [0.5, 0.6) is 0 Å². The number of piperidine rings is 1. The summed E-state index contributed by atoms with van der Waals surface area (Å²) >= 11 is 0. The molecule has 1 aliphatic rings. The maximum Gasteiger partial charge on any atom is 0.275 e. The Bertz CT molecular complexity index is 1090. The fourth-order valence-corrected chi connectivity index (χ4v) is 4.28. The predicted octanol–water partition coefficient (Wildman–Crippen LogP) is 2.83. The number of aromatic nitrogens is 2. The first-order valence-corrected chi connectivity index (χ1v) is 10.5. The summed E-state index contributed by atoms with van der Waals surface area (Å²) in [5, 5.41) is 5.84. The summed E-state index contributed by atoms with van der Waals surface area (Å²) in [7, 11) is 2.12. The molecule has 0 radical (unpaired) electrons. The zero-order valence-electron chi connectivity index (χ0n) is 17.6. The third kappa shape index (κ3) is 4.28. The van der Waals surface area contributed by atoms with Crippen molar-refractivity contribution in [1.29, 1.82) is 0 Å². The van der Waals surface area contributed by atoms with E-state index in [1.54, 1.807) is 6.07 Å². The van der Waals surface area contributed by atoms with Crippen molar-refractivity contribution in [3.05, 3.63) is 76.2 Å². The summed E-state index contributed by atoms with van der Waals surface area (Å²) in [6.07, 6.45) is 2.04. The molecule has 2 heterocycles. The molecule has 1 aromatic heterocycles. The summed E-state index contributed by atoms with van der Waals surface area (Å²) in [4.78, 5) is 30.0. The minimum absolute atomic E-state index is 0.0143. The minimum Gasteiger partial charge on any atom is -0.340 e. The smallest absolute Gasteiger partial charge is 0.275 e. The molecule has 1 unspecified atom stereocenters. The number of amides is 1. The second-order valence-corrected chi connectivity index (χ2v) is 8.13. The Labute approximate surface area is 176 Å². The molecule has 0 N–H and O–H groups in total. The monoisotopic (exact) mass is 404 g/mol. The van der Waals surface area contributed by atoms with Crippen LogP contribution in [0.25, 0.3) is 10.8 Å². The van der Waals surface area contributed by atoms with Crippen molar-refractivity contribution in [3.8, 4) is 0 Å². The summed E-state index contributed by atoms with van der Waals surface area (Å²) in [5.74, 6) is -0.0444. The van der Waals surface area contributed by atoms with Crippen LogP contribution in [-0.4, -0.2) is 51.7 Å². The van der Waals surface area contributed by atoms with Gasteiger partial charge in [0.25, 0.3) is 5.56 Å². The molecule has 156 valence electrons. The lowest BCUT2D eigenvalue weighted by Gasteiger charge is -2.37. The number of benzene rings is 2. The summed E-state index contributed by atoms with van der Waals surface area (Å²) < 4.78 is 1.32. The highest BCUT2D eigenvalue weighted by molar-refractivity contribution is 5.83. The molecular weight excluding hydrogens is 376 g/mol. The molecule has 6 nitrogen and oxygen atoms in total. The van der Waals surface area contributed by atoms with Gasteiger partial charge in [0, 0.05) is 31.1 Å². The van der Waals surface area contributed by atoms with Gasteiger partial charge in [-0.3, -0.25) is 14.5 Å². The maximum atomic E-state index is 13.0. The normalized spacial score (nSPS) is 16.9. The zero-order valence-corrected chi connectivity index (χ0v) is 17.6. The Morgan fingerprint density at radius 1 is 1.10 bits per heavy atom. The Balaban J connectivity index is 1.45. The second kappa shape index (κ2) is 8.79. The Morgan fingerprint density at radius 2 is 1.80 bits per heavy atom. The summed E-state index contributed by atoms with van der Waals surface area (Å²) in [5.41, 5.74) is 1.82. The van der Waals surface area contributed by atoms with Crippen molar-refractivity contribution in [1.82, 2.24) is 19.6 Å². The molecule has 1 aliphatic heterocycles. The van der Waals surface area contributed by atoms with Crippen molar-refractivity contribution < 1.29 is 4.79 Å². The molecule has 1 atom stereocenters. The van der Waals surface area contributed by atoms with Crippen LogP contribution in [0.3, 0.4) is 0 Å². The lowest BCUT2D eigenvalue weighted by molar-refractivity contribution is -0.134. The van der Waals surface area contributed by atoms with Gasteiger partial charge in [-0.15, -0.1) is 0 Å². The predicted molar refractivity (Wildman–Crippen MR) is 118 cm³/mol. The van der Waals surface area contributed by atoms with Crippen LogP contribution in [0.15, 0.2) is 59.4 Å². The van der Waals surface area contributed by atoms with E-state index in [4.69, 9.17) is 0 Å². The Kier molecular flexibility index (Phi) is 5.95. The van der Waals surface area contributed by atoms with Gasteiger partial charge in [-0.05, 0) is 38.4 Å². The number of rotatable bonds is 5. The zero-order chi connectivity index (χ0) is 21.1. The van der Waals surface area contributed by atoms with E-state index in [1.165, 1.54) is 10.2 Å². The molecule has 0 aliphatic carbocycles. The third-order valence-corrected chi connectivity index (χ3v) is 5.98. The number of carbonyl (C=O) groups excluding carboxylic acids is 1. The molecule has 0 bridgehead atoms. The van der Waals surface area contributed by atoms with Gasteiger partial charge >= 0.3 is 0 Å². The topological polar surface area (TPSA) is 58.4 Å². The number of carbonyl (C=O) groups is 1. The van der Waals surface area contributed by atoms with Gasteiger partial charge in [0.2, 0.25) is 5.91 Å². The molecule has 0 spiro atoms. The fourth-order valence-electron chi connectivity index (χ4n) is 4.28. The van der Waals surface area contributed by atoms with Crippen LogP contribution >= 0.6 is 0 Å². The quantitative estimate of drug-likeness (QED) is 0.656. The molecule has 2 aromatic carbocycles. The Morgan fingerprint density at radius 3 is 2.57 bits per heavy atom. The van der Waals surface area contributed by atoms with Crippen molar-refractivity contribution in [3.63, 3.8) is 0 Å². The van der Waals surface area contributed by atoms with Crippen LogP contribution in [0.2, 0.25) is 0 Å². The molecule has 0 saturated carbocycles. The van der Waals surface area contributed by atoms with Crippen LogP contribution < -0.4 is 5.56 Å². The maximum absolute atomic E-state index is 13.0. The molecule has 6 heteroatoms.